The van der Waals surface area contributed by atoms with E-state index in [2.05, 4.69) is 10.3 Å². The molecule has 1 aromatic carbocycles. The second-order valence-electron chi connectivity index (χ2n) is 5.02. The molecule has 6 nitrogen and oxygen atoms in total. The highest BCUT2D eigenvalue weighted by molar-refractivity contribution is 7.14. The molecule has 7 heteroatoms. The first-order valence-electron chi connectivity index (χ1n) is 7.19. The van der Waals surface area contributed by atoms with Crippen molar-refractivity contribution in [3.8, 4) is 0 Å². The van der Waals surface area contributed by atoms with Gasteiger partial charge in [-0.25, -0.2) is 4.79 Å². The normalized spacial score (nSPS) is 10.9. The van der Waals surface area contributed by atoms with E-state index in [1.165, 1.54) is 11.3 Å². The summed E-state index contributed by atoms with van der Waals surface area (Å²) in [6, 6.07) is 8.74. The predicted molar refractivity (Wildman–Crippen MR) is 87.6 cm³/mol. The number of ether oxygens (including phenoxy) is 1. The van der Waals surface area contributed by atoms with Gasteiger partial charge in [-0.3, -0.25) is 4.79 Å². The number of nitrogens with zero attached hydrogens (tertiary/aromatic N) is 3. The van der Waals surface area contributed by atoms with Gasteiger partial charge in [0.1, 0.15) is 10.4 Å². The van der Waals surface area contributed by atoms with Gasteiger partial charge < -0.3 is 4.74 Å². The lowest BCUT2D eigenvalue weighted by Crippen LogP contribution is -2.26. The Morgan fingerprint density at radius 2 is 2.13 bits per heavy atom. The monoisotopic (exact) mass is 329 g/mol. The number of thiophene rings is 1. The van der Waals surface area contributed by atoms with E-state index in [1.807, 2.05) is 19.9 Å². The number of benzene rings is 1. The molecule has 0 N–H and O–H groups in total. The first kappa shape index (κ1) is 15.4. The fourth-order valence-corrected chi connectivity index (χ4v) is 3.28. The molecule has 23 heavy (non-hydrogen) atoms. The standard InChI is InChI=1S/C16H15N3O3S/c1-3-11-8-14(23-10(11)2)16(21)22-9-19-15(20)12-6-4-5-7-13(12)17-18-19/h4-8H,3,9H2,1-2H3. The van der Waals surface area contributed by atoms with E-state index in [1.54, 1.807) is 24.3 Å². The number of hydrogen-bond acceptors (Lipinski definition) is 6. The zero-order valence-corrected chi connectivity index (χ0v) is 13.6. The Kier molecular flexibility index (Phi) is 4.20. The van der Waals surface area contributed by atoms with Crippen LogP contribution < -0.4 is 5.56 Å². The van der Waals surface area contributed by atoms with Crippen molar-refractivity contribution < 1.29 is 9.53 Å². The molecular formula is C16H15N3O3S. The van der Waals surface area contributed by atoms with Gasteiger partial charge in [-0.05, 0) is 37.1 Å². The van der Waals surface area contributed by atoms with Gasteiger partial charge >= 0.3 is 5.97 Å². The third-order valence-electron chi connectivity index (χ3n) is 3.55. The Bertz CT molecular complexity index is 930. The van der Waals surface area contributed by atoms with Crippen molar-refractivity contribution in [3.63, 3.8) is 0 Å². The molecule has 0 fully saturated rings. The van der Waals surface area contributed by atoms with Crippen LogP contribution in [0.1, 0.15) is 27.0 Å². The average Bonchev–Trinajstić information content (AvgIpc) is 2.95. The molecule has 0 atom stereocenters. The molecule has 0 saturated heterocycles. The Labute approximate surface area is 136 Å². The maximum Gasteiger partial charge on any atom is 0.350 e. The minimum atomic E-state index is -0.459. The maximum atomic E-state index is 12.3. The van der Waals surface area contributed by atoms with Crippen molar-refractivity contribution in [2.45, 2.75) is 27.0 Å². The van der Waals surface area contributed by atoms with Gasteiger partial charge in [0.25, 0.3) is 5.56 Å². The first-order chi connectivity index (χ1) is 11.1. The fraction of sp³-hybridized carbons (Fsp3) is 0.250. The molecule has 0 aliphatic heterocycles. The highest BCUT2D eigenvalue weighted by Crippen LogP contribution is 2.22. The summed E-state index contributed by atoms with van der Waals surface area (Å²) in [4.78, 5) is 26.0. The Morgan fingerprint density at radius 3 is 2.87 bits per heavy atom. The van der Waals surface area contributed by atoms with Crippen LogP contribution in [0.5, 0.6) is 0 Å². The number of esters is 1. The molecule has 0 aliphatic rings. The summed E-state index contributed by atoms with van der Waals surface area (Å²) in [7, 11) is 0. The van der Waals surface area contributed by atoms with Crippen LogP contribution in [0.25, 0.3) is 10.9 Å². The van der Waals surface area contributed by atoms with Crippen LogP contribution in [0.4, 0.5) is 0 Å². The summed E-state index contributed by atoms with van der Waals surface area (Å²) in [6.07, 6.45) is 0.866. The quantitative estimate of drug-likeness (QED) is 0.688. The van der Waals surface area contributed by atoms with Crippen molar-refractivity contribution in [1.29, 1.82) is 0 Å². The molecule has 0 spiro atoms. The Hall–Kier alpha value is -2.54. The van der Waals surface area contributed by atoms with Gasteiger partial charge in [-0.2, -0.15) is 4.68 Å². The van der Waals surface area contributed by atoms with Gasteiger partial charge in [-0.1, -0.05) is 24.3 Å². The van der Waals surface area contributed by atoms with Crippen LogP contribution in [0, 0.1) is 6.92 Å². The van der Waals surface area contributed by atoms with Crippen molar-refractivity contribution in [2.24, 2.45) is 0 Å². The van der Waals surface area contributed by atoms with Gasteiger partial charge in [0.05, 0.1) is 5.39 Å². The van der Waals surface area contributed by atoms with Crippen molar-refractivity contribution in [1.82, 2.24) is 15.0 Å². The first-order valence-corrected chi connectivity index (χ1v) is 8.00. The number of rotatable bonds is 4. The van der Waals surface area contributed by atoms with Crippen LogP contribution in [0.15, 0.2) is 35.1 Å². The van der Waals surface area contributed by atoms with E-state index in [0.717, 1.165) is 21.5 Å². The molecular weight excluding hydrogens is 314 g/mol. The molecule has 3 aromatic rings. The van der Waals surface area contributed by atoms with E-state index < -0.39 is 5.97 Å². The zero-order chi connectivity index (χ0) is 16.4. The molecule has 118 valence electrons. The summed E-state index contributed by atoms with van der Waals surface area (Å²) < 4.78 is 6.23. The smallest absolute Gasteiger partial charge is 0.350 e. The van der Waals surface area contributed by atoms with E-state index in [9.17, 15) is 9.59 Å². The lowest BCUT2D eigenvalue weighted by Gasteiger charge is -2.05. The van der Waals surface area contributed by atoms with Crippen molar-refractivity contribution >= 4 is 28.2 Å². The SMILES string of the molecule is CCc1cc(C(=O)OCn2nnc3ccccc3c2=O)sc1C. The summed E-state index contributed by atoms with van der Waals surface area (Å²) in [6.45, 7) is 3.75. The van der Waals surface area contributed by atoms with E-state index in [4.69, 9.17) is 4.74 Å². The summed E-state index contributed by atoms with van der Waals surface area (Å²) in [5.74, 6) is -0.459. The topological polar surface area (TPSA) is 74.1 Å². The van der Waals surface area contributed by atoms with Crippen LogP contribution in [-0.2, 0) is 17.9 Å². The molecule has 0 aliphatic carbocycles. The predicted octanol–water partition coefficient (Wildman–Crippen LogP) is 2.54. The van der Waals surface area contributed by atoms with Crippen LogP contribution in [-0.4, -0.2) is 21.0 Å². The number of carbonyl (C=O) groups excluding carboxylic acids is 1. The minimum absolute atomic E-state index is 0.256. The van der Waals surface area contributed by atoms with Gasteiger partial charge in [0, 0.05) is 4.88 Å². The van der Waals surface area contributed by atoms with Gasteiger partial charge in [-0.15, -0.1) is 16.4 Å². The largest absolute Gasteiger partial charge is 0.438 e. The molecule has 2 aromatic heterocycles. The van der Waals surface area contributed by atoms with E-state index >= 15 is 0 Å². The van der Waals surface area contributed by atoms with Crippen LogP contribution >= 0.6 is 11.3 Å². The maximum absolute atomic E-state index is 12.3. The van der Waals surface area contributed by atoms with E-state index in [0.29, 0.717) is 15.8 Å². The third kappa shape index (κ3) is 3.00. The molecule has 0 bridgehead atoms. The minimum Gasteiger partial charge on any atom is -0.438 e. The van der Waals surface area contributed by atoms with Crippen LogP contribution in [0.2, 0.25) is 0 Å². The summed E-state index contributed by atoms with van der Waals surface area (Å²) in [5.41, 5.74) is 1.31. The Balaban J connectivity index is 1.79. The number of hydrogen-bond donors (Lipinski definition) is 0. The molecule has 0 unspecified atom stereocenters. The van der Waals surface area contributed by atoms with E-state index in [-0.39, 0.29) is 12.3 Å². The molecule has 0 amide bonds. The molecule has 2 heterocycles. The molecule has 0 radical (unpaired) electrons. The highest BCUT2D eigenvalue weighted by atomic mass is 32.1. The summed E-state index contributed by atoms with van der Waals surface area (Å²) in [5, 5.41) is 8.18. The average molecular weight is 329 g/mol. The number of fused-ring (bicyclic) bond motifs is 1. The number of carbonyl (C=O) groups is 1. The number of aromatic nitrogens is 3. The fourth-order valence-electron chi connectivity index (χ4n) is 2.27. The Morgan fingerprint density at radius 1 is 1.35 bits per heavy atom. The highest BCUT2D eigenvalue weighted by Gasteiger charge is 2.14. The number of aryl methyl sites for hydroxylation is 2. The lowest BCUT2D eigenvalue weighted by molar-refractivity contribution is 0.0342. The third-order valence-corrected chi connectivity index (χ3v) is 4.62. The molecule has 3 rings (SSSR count). The van der Waals surface area contributed by atoms with Gasteiger partial charge in [0.15, 0.2) is 6.73 Å². The second-order valence-corrected chi connectivity index (χ2v) is 6.27. The van der Waals surface area contributed by atoms with Crippen LogP contribution in [0.3, 0.4) is 0 Å². The van der Waals surface area contributed by atoms with Crippen molar-refractivity contribution in [2.75, 3.05) is 0 Å². The molecule has 0 saturated carbocycles. The zero-order valence-electron chi connectivity index (χ0n) is 12.8. The van der Waals surface area contributed by atoms with Crippen molar-refractivity contribution in [3.05, 3.63) is 56.0 Å². The van der Waals surface area contributed by atoms with Gasteiger partial charge in [0.2, 0.25) is 0 Å². The summed E-state index contributed by atoms with van der Waals surface area (Å²) >= 11 is 1.39. The lowest BCUT2D eigenvalue weighted by atomic mass is 10.2. The second kappa shape index (κ2) is 6.29.